The minimum Gasteiger partial charge on any atom is -0.256 e. The lowest BCUT2D eigenvalue weighted by Gasteiger charge is -1.98. The monoisotopic (exact) mass is 224 g/mol. The Balaban J connectivity index is 2.41. The second kappa shape index (κ2) is 5.04. The lowest BCUT2D eigenvalue weighted by molar-refractivity contribution is 0.627. The highest BCUT2D eigenvalue weighted by molar-refractivity contribution is 5.88. The van der Waals surface area contributed by atoms with E-state index in [1.165, 1.54) is 12.1 Å². The number of benzene rings is 1. The number of allylic oxidation sites excluding steroid dienone is 1. The number of rotatable bonds is 2. The standard InChI is InChI=1S/C14H9FN2/c15-13-5-3-4-11(9-13)8-12(10-16)14-6-1-2-7-17-14/h1-9H/b12-8+. The molecule has 3 heteroatoms. The first-order valence-electron chi connectivity index (χ1n) is 5.08. The number of pyridine rings is 1. The van der Waals surface area contributed by atoms with Crippen molar-refractivity contribution in [2.45, 2.75) is 0 Å². The molecule has 0 unspecified atom stereocenters. The van der Waals surface area contributed by atoms with Crippen LogP contribution >= 0.6 is 0 Å². The maximum absolute atomic E-state index is 13.0. The van der Waals surface area contributed by atoms with Crippen LogP contribution in [-0.2, 0) is 0 Å². The molecule has 0 aliphatic carbocycles. The predicted molar refractivity (Wildman–Crippen MR) is 64.1 cm³/mol. The zero-order chi connectivity index (χ0) is 12.1. The SMILES string of the molecule is N#C/C(=C\c1cccc(F)c1)c1ccccn1. The van der Waals surface area contributed by atoms with Crippen molar-refractivity contribution in [3.63, 3.8) is 0 Å². The molecule has 0 amide bonds. The second-order valence-corrected chi connectivity index (χ2v) is 3.44. The molecule has 0 saturated heterocycles. The van der Waals surface area contributed by atoms with Crippen LogP contribution in [0.3, 0.4) is 0 Å². The molecule has 0 radical (unpaired) electrons. The molecule has 2 nitrogen and oxygen atoms in total. The lowest BCUT2D eigenvalue weighted by atomic mass is 10.1. The fourth-order valence-electron chi connectivity index (χ4n) is 1.45. The summed E-state index contributed by atoms with van der Waals surface area (Å²) in [6, 6.07) is 13.5. The molecule has 2 aromatic rings. The highest BCUT2D eigenvalue weighted by Crippen LogP contribution is 2.15. The van der Waals surface area contributed by atoms with Crippen LogP contribution < -0.4 is 0 Å². The molecule has 0 N–H and O–H groups in total. The van der Waals surface area contributed by atoms with Gasteiger partial charge in [-0.15, -0.1) is 0 Å². The van der Waals surface area contributed by atoms with Crippen LogP contribution in [0.2, 0.25) is 0 Å². The van der Waals surface area contributed by atoms with Gasteiger partial charge in [-0.1, -0.05) is 18.2 Å². The third-order valence-corrected chi connectivity index (χ3v) is 2.22. The molecule has 0 aliphatic rings. The molecule has 1 aromatic heterocycles. The number of aromatic nitrogens is 1. The normalized spacial score (nSPS) is 10.9. The van der Waals surface area contributed by atoms with E-state index in [0.29, 0.717) is 16.8 Å². The van der Waals surface area contributed by atoms with E-state index in [4.69, 9.17) is 5.26 Å². The summed E-state index contributed by atoms with van der Waals surface area (Å²) < 4.78 is 13.0. The molecule has 82 valence electrons. The van der Waals surface area contributed by atoms with E-state index >= 15 is 0 Å². The number of nitrogens with zero attached hydrogens (tertiary/aromatic N) is 2. The average Bonchev–Trinajstić information content (AvgIpc) is 2.37. The van der Waals surface area contributed by atoms with Crippen LogP contribution in [-0.4, -0.2) is 4.98 Å². The Kier molecular flexibility index (Phi) is 3.27. The van der Waals surface area contributed by atoms with Gasteiger partial charge in [0.25, 0.3) is 0 Å². The number of nitriles is 1. The average molecular weight is 224 g/mol. The van der Waals surface area contributed by atoms with E-state index in [1.807, 2.05) is 0 Å². The fourth-order valence-corrected chi connectivity index (χ4v) is 1.45. The van der Waals surface area contributed by atoms with Crippen molar-refractivity contribution in [3.05, 3.63) is 65.7 Å². The topological polar surface area (TPSA) is 36.7 Å². The maximum Gasteiger partial charge on any atom is 0.123 e. The van der Waals surface area contributed by atoms with E-state index in [0.717, 1.165) is 0 Å². The van der Waals surface area contributed by atoms with Crippen LogP contribution in [0.15, 0.2) is 48.7 Å². The van der Waals surface area contributed by atoms with Gasteiger partial charge in [-0.3, -0.25) is 4.98 Å². The fraction of sp³-hybridized carbons (Fsp3) is 0. The molecule has 0 saturated carbocycles. The van der Waals surface area contributed by atoms with Gasteiger partial charge in [-0.05, 0) is 35.9 Å². The minimum atomic E-state index is -0.322. The quantitative estimate of drug-likeness (QED) is 0.734. The Morgan fingerprint density at radius 3 is 2.76 bits per heavy atom. The zero-order valence-corrected chi connectivity index (χ0v) is 8.97. The Morgan fingerprint density at radius 1 is 1.24 bits per heavy atom. The van der Waals surface area contributed by atoms with E-state index in [1.54, 1.807) is 42.6 Å². The molecule has 0 fully saturated rings. The van der Waals surface area contributed by atoms with Crippen molar-refractivity contribution < 1.29 is 4.39 Å². The molecule has 17 heavy (non-hydrogen) atoms. The summed E-state index contributed by atoms with van der Waals surface area (Å²) in [5.74, 6) is -0.322. The molecule has 0 spiro atoms. The first-order valence-corrected chi connectivity index (χ1v) is 5.08. The summed E-state index contributed by atoms with van der Waals surface area (Å²) in [6.45, 7) is 0. The van der Waals surface area contributed by atoms with E-state index in [2.05, 4.69) is 11.1 Å². The van der Waals surface area contributed by atoms with Gasteiger partial charge < -0.3 is 0 Å². The van der Waals surface area contributed by atoms with Gasteiger partial charge in [0.1, 0.15) is 11.9 Å². The highest BCUT2D eigenvalue weighted by Gasteiger charge is 2.01. The van der Waals surface area contributed by atoms with Gasteiger partial charge in [0, 0.05) is 6.20 Å². The van der Waals surface area contributed by atoms with E-state index < -0.39 is 0 Å². The number of hydrogen-bond donors (Lipinski definition) is 0. The Bertz CT molecular complexity index is 583. The summed E-state index contributed by atoms with van der Waals surface area (Å²) in [7, 11) is 0. The molecular weight excluding hydrogens is 215 g/mol. The van der Waals surface area contributed by atoms with Crippen LogP contribution in [0.25, 0.3) is 11.6 Å². The summed E-state index contributed by atoms with van der Waals surface area (Å²) >= 11 is 0. The number of halogens is 1. The van der Waals surface area contributed by atoms with Crippen molar-refractivity contribution in [3.8, 4) is 6.07 Å². The van der Waals surface area contributed by atoms with Crippen molar-refractivity contribution in [2.24, 2.45) is 0 Å². The predicted octanol–water partition coefficient (Wildman–Crippen LogP) is 3.28. The van der Waals surface area contributed by atoms with Crippen molar-refractivity contribution in [1.82, 2.24) is 4.98 Å². The molecule has 2 rings (SSSR count). The minimum absolute atomic E-state index is 0.322. The number of hydrogen-bond acceptors (Lipinski definition) is 2. The zero-order valence-electron chi connectivity index (χ0n) is 8.97. The van der Waals surface area contributed by atoms with Crippen LogP contribution in [0.1, 0.15) is 11.3 Å². The van der Waals surface area contributed by atoms with E-state index in [-0.39, 0.29) is 5.82 Å². The van der Waals surface area contributed by atoms with Crippen molar-refractivity contribution in [1.29, 1.82) is 5.26 Å². The third-order valence-electron chi connectivity index (χ3n) is 2.22. The molecule has 0 bridgehead atoms. The highest BCUT2D eigenvalue weighted by atomic mass is 19.1. The lowest BCUT2D eigenvalue weighted by Crippen LogP contribution is -1.86. The summed E-state index contributed by atoms with van der Waals surface area (Å²) in [5.41, 5.74) is 1.64. The first-order chi connectivity index (χ1) is 8.29. The van der Waals surface area contributed by atoms with Crippen LogP contribution in [0, 0.1) is 17.1 Å². The Labute approximate surface area is 98.7 Å². The smallest absolute Gasteiger partial charge is 0.123 e. The van der Waals surface area contributed by atoms with Crippen molar-refractivity contribution >= 4 is 11.6 Å². The Morgan fingerprint density at radius 2 is 2.12 bits per heavy atom. The molecule has 0 aliphatic heterocycles. The van der Waals surface area contributed by atoms with Gasteiger partial charge >= 0.3 is 0 Å². The molecular formula is C14H9FN2. The van der Waals surface area contributed by atoms with Gasteiger partial charge in [0.05, 0.1) is 11.3 Å². The van der Waals surface area contributed by atoms with Crippen molar-refractivity contribution in [2.75, 3.05) is 0 Å². The molecule has 1 heterocycles. The second-order valence-electron chi connectivity index (χ2n) is 3.44. The molecule has 0 atom stereocenters. The van der Waals surface area contributed by atoms with Crippen LogP contribution in [0.5, 0.6) is 0 Å². The van der Waals surface area contributed by atoms with Gasteiger partial charge in [0.15, 0.2) is 0 Å². The van der Waals surface area contributed by atoms with E-state index in [9.17, 15) is 4.39 Å². The van der Waals surface area contributed by atoms with Gasteiger partial charge in [-0.2, -0.15) is 5.26 Å². The summed E-state index contributed by atoms with van der Waals surface area (Å²) in [5, 5.41) is 9.06. The van der Waals surface area contributed by atoms with Gasteiger partial charge in [0.2, 0.25) is 0 Å². The van der Waals surface area contributed by atoms with Crippen LogP contribution in [0.4, 0.5) is 4.39 Å². The third kappa shape index (κ3) is 2.76. The maximum atomic E-state index is 13.0. The summed E-state index contributed by atoms with van der Waals surface area (Å²) in [4.78, 5) is 4.08. The largest absolute Gasteiger partial charge is 0.256 e. The van der Waals surface area contributed by atoms with Gasteiger partial charge in [-0.25, -0.2) is 4.39 Å². The first kappa shape index (κ1) is 11.0. The Hall–Kier alpha value is -2.47. The molecule has 1 aromatic carbocycles. The summed E-state index contributed by atoms with van der Waals surface area (Å²) in [6.07, 6.45) is 3.23.